The highest BCUT2D eigenvalue weighted by Gasteiger charge is 2.25. The number of hydrogen-bond acceptors (Lipinski definition) is 2. The van der Waals surface area contributed by atoms with Crippen molar-refractivity contribution in [2.24, 2.45) is 5.92 Å². The number of nitrogens with one attached hydrogen (secondary N) is 1. The van der Waals surface area contributed by atoms with Gasteiger partial charge in [-0.05, 0) is 24.1 Å². The van der Waals surface area contributed by atoms with Crippen molar-refractivity contribution in [3.05, 3.63) is 35.6 Å². The van der Waals surface area contributed by atoms with Gasteiger partial charge in [-0.25, -0.2) is 9.18 Å². The molecule has 5 heteroatoms. The molecule has 0 aliphatic carbocycles. The molecule has 1 amide bonds. The quantitative estimate of drug-likeness (QED) is 0.844. The van der Waals surface area contributed by atoms with E-state index in [4.69, 9.17) is 5.11 Å². The lowest BCUT2D eigenvalue weighted by molar-refractivity contribution is -0.140. The number of carbonyl (C=O) groups is 2. The summed E-state index contributed by atoms with van der Waals surface area (Å²) in [5.41, 5.74) is 0.115. The molecule has 4 nitrogen and oxygen atoms in total. The van der Waals surface area contributed by atoms with Gasteiger partial charge in [-0.1, -0.05) is 26.3 Å². The summed E-state index contributed by atoms with van der Waals surface area (Å²) in [5.74, 6) is -2.39. The maximum Gasteiger partial charge on any atom is 0.326 e. The monoisotopic (exact) mass is 253 g/mol. The molecule has 0 aliphatic heterocycles. The SMILES string of the molecule is CC[C@@H](C)[C@H](NC(=O)c1cccc(F)c1)C(=O)O. The van der Waals surface area contributed by atoms with E-state index in [2.05, 4.69) is 5.32 Å². The molecular weight excluding hydrogens is 237 g/mol. The third-order valence-electron chi connectivity index (χ3n) is 2.85. The number of carbonyl (C=O) groups excluding carboxylic acids is 1. The molecule has 0 bridgehead atoms. The van der Waals surface area contributed by atoms with Crippen LogP contribution in [0.15, 0.2) is 24.3 Å². The Hall–Kier alpha value is -1.91. The minimum Gasteiger partial charge on any atom is -0.480 e. The van der Waals surface area contributed by atoms with E-state index < -0.39 is 23.7 Å². The smallest absolute Gasteiger partial charge is 0.326 e. The molecule has 18 heavy (non-hydrogen) atoms. The van der Waals surface area contributed by atoms with E-state index in [0.29, 0.717) is 6.42 Å². The van der Waals surface area contributed by atoms with Gasteiger partial charge in [0, 0.05) is 5.56 Å². The van der Waals surface area contributed by atoms with Gasteiger partial charge in [-0.3, -0.25) is 4.79 Å². The molecule has 0 fully saturated rings. The minimum atomic E-state index is -1.09. The van der Waals surface area contributed by atoms with Crippen LogP contribution >= 0.6 is 0 Å². The number of amides is 1. The molecule has 1 aromatic carbocycles. The van der Waals surface area contributed by atoms with E-state index >= 15 is 0 Å². The van der Waals surface area contributed by atoms with Crippen LogP contribution < -0.4 is 5.32 Å². The summed E-state index contributed by atoms with van der Waals surface area (Å²) in [7, 11) is 0. The van der Waals surface area contributed by atoms with Crippen molar-refractivity contribution in [1.29, 1.82) is 0 Å². The van der Waals surface area contributed by atoms with Crippen molar-refractivity contribution >= 4 is 11.9 Å². The number of halogens is 1. The first kappa shape index (κ1) is 14.2. The fourth-order valence-electron chi connectivity index (χ4n) is 1.54. The van der Waals surface area contributed by atoms with E-state index in [1.807, 2.05) is 6.92 Å². The molecule has 0 spiro atoms. The number of hydrogen-bond donors (Lipinski definition) is 2. The molecule has 1 rings (SSSR count). The van der Waals surface area contributed by atoms with Gasteiger partial charge in [0.05, 0.1) is 0 Å². The molecular formula is C13H16FNO3. The largest absolute Gasteiger partial charge is 0.480 e. The van der Waals surface area contributed by atoms with E-state index in [1.54, 1.807) is 6.92 Å². The predicted octanol–water partition coefficient (Wildman–Crippen LogP) is 2.05. The van der Waals surface area contributed by atoms with Gasteiger partial charge in [0.2, 0.25) is 0 Å². The molecule has 0 saturated heterocycles. The Labute approximate surface area is 105 Å². The molecule has 0 unspecified atom stereocenters. The molecule has 0 radical (unpaired) electrons. The third kappa shape index (κ3) is 3.55. The Kier molecular flexibility index (Phi) is 4.83. The third-order valence-corrected chi connectivity index (χ3v) is 2.85. The number of carboxylic acid groups (broad SMARTS) is 1. The molecule has 0 saturated carbocycles. The van der Waals surface area contributed by atoms with Crippen LogP contribution in [0.1, 0.15) is 30.6 Å². The Balaban J connectivity index is 2.82. The lowest BCUT2D eigenvalue weighted by atomic mass is 9.99. The Morgan fingerprint density at radius 1 is 1.44 bits per heavy atom. The van der Waals surface area contributed by atoms with Crippen molar-refractivity contribution in [3.8, 4) is 0 Å². The fourth-order valence-corrected chi connectivity index (χ4v) is 1.54. The lowest BCUT2D eigenvalue weighted by Gasteiger charge is -2.20. The van der Waals surface area contributed by atoms with Crippen LogP contribution in [0, 0.1) is 11.7 Å². The number of aliphatic carboxylic acids is 1. The number of carboxylic acids is 1. The zero-order valence-electron chi connectivity index (χ0n) is 10.3. The second-order valence-corrected chi connectivity index (χ2v) is 4.19. The second-order valence-electron chi connectivity index (χ2n) is 4.19. The van der Waals surface area contributed by atoms with Crippen molar-refractivity contribution in [2.45, 2.75) is 26.3 Å². The summed E-state index contributed by atoms with van der Waals surface area (Å²) >= 11 is 0. The normalized spacial score (nSPS) is 13.7. The second kappa shape index (κ2) is 6.14. The van der Waals surface area contributed by atoms with Crippen LogP contribution in [-0.2, 0) is 4.79 Å². The van der Waals surface area contributed by atoms with Crippen LogP contribution in [0.5, 0.6) is 0 Å². The maximum absolute atomic E-state index is 13.0. The highest BCUT2D eigenvalue weighted by Crippen LogP contribution is 2.10. The Morgan fingerprint density at radius 2 is 2.11 bits per heavy atom. The Morgan fingerprint density at radius 3 is 2.61 bits per heavy atom. The molecule has 0 aromatic heterocycles. The topological polar surface area (TPSA) is 66.4 Å². The summed E-state index contributed by atoms with van der Waals surface area (Å²) in [6.07, 6.45) is 0.625. The van der Waals surface area contributed by atoms with E-state index in [1.165, 1.54) is 18.2 Å². The highest BCUT2D eigenvalue weighted by atomic mass is 19.1. The van der Waals surface area contributed by atoms with Gasteiger partial charge in [0.1, 0.15) is 11.9 Å². The maximum atomic E-state index is 13.0. The summed E-state index contributed by atoms with van der Waals surface area (Å²) in [5, 5.41) is 11.4. The van der Waals surface area contributed by atoms with Crippen molar-refractivity contribution in [3.63, 3.8) is 0 Å². The van der Waals surface area contributed by atoms with Crippen LogP contribution in [0.4, 0.5) is 4.39 Å². The van der Waals surface area contributed by atoms with Crippen molar-refractivity contribution in [1.82, 2.24) is 5.32 Å². The van der Waals surface area contributed by atoms with Gasteiger partial charge in [-0.15, -0.1) is 0 Å². The lowest BCUT2D eigenvalue weighted by Crippen LogP contribution is -2.45. The zero-order valence-corrected chi connectivity index (χ0v) is 10.3. The summed E-state index contributed by atoms with van der Waals surface area (Å²) in [6.45, 7) is 3.58. The molecule has 0 heterocycles. The average molecular weight is 253 g/mol. The highest BCUT2D eigenvalue weighted by molar-refractivity contribution is 5.96. The fraction of sp³-hybridized carbons (Fsp3) is 0.385. The Bertz CT molecular complexity index is 448. The van der Waals surface area contributed by atoms with Gasteiger partial charge in [-0.2, -0.15) is 0 Å². The first-order valence-electron chi connectivity index (χ1n) is 5.75. The number of benzene rings is 1. The molecule has 0 aliphatic rings. The van der Waals surface area contributed by atoms with Crippen LogP contribution in [0.3, 0.4) is 0 Å². The summed E-state index contributed by atoms with van der Waals surface area (Å²) < 4.78 is 13.0. The van der Waals surface area contributed by atoms with Crippen LogP contribution in [0.2, 0.25) is 0 Å². The van der Waals surface area contributed by atoms with Gasteiger partial charge >= 0.3 is 5.97 Å². The first-order valence-corrected chi connectivity index (χ1v) is 5.75. The first-order chi connectivity index (χ1) is 8.45. The van der Waals surface area contributed by atoms with Crippen molar-refractivity contribution < 1.29 is 19.1 Å². The molecule has 98 valence electrons. The molecule has 1 aromatic rings. The summed E-state index contributed by atoms with van der Waals surface area (Å²) in [6, 6.07) is 4.17. The zero-order chi connectivity index (χ0) is 13.7. The summed E-state index contributed by atoms with van der Waals surface area (Å²) in [4.78, 5) is 22.8. The predicted molar refractivity (Wildman–Crippen MR) is 64.7 cm³/mol. The van der Waals surface area contributed by atoms with Crippen molar-refractivity contribution in [2.75, 3.05) is 0 Å². The van der Waals surface area contributed by atoms with E-state index in [9.17, 15) is 14.0 Å². The van der Waals surface area contributed by atoms with Crippen LogP contribution in [-0.4, -0.2) is 23.0 Å². The number of rotatable bonds is 5. The van der Waals surface area contributed by atoms with Crippen LogP contribution in [0.25, 0.3) is 0 Å². The van der Waals surface area contributed by atoms with Gasteiger partial charge < -0.3 is 10.4 Å². The standard InChI is InChI=1S/C13H16FNO3/c1-3-8(2)11(13(17)18)15-12(16)9-5-4-6-10(14)7-9/h4-8,11H,3H2,1-2H3,(H,15,16)(H,17,18)/t8-,11+/m1/s1. The average Bonchev–Trinajstić information content (AvgIpc) is 2.34. The molecule has 2 atom stereocenters. The molecule has 2 N–H and O–H groups in total. The minimum absolute atomic E-state index is 0.115. The van der Waals surface area contributed by atoms with E-state index in [-0.39, 0.29) is 11.5 Å². The van der Waals surface area contributed by atoms with Gasteiger partial charge in [0.15, 0.2) is 0 Å². The van der Waals surface area contributed by atoms with Gasteiger partial charge in [0.25, 0.3) is 5.91 Å². The van der Waals surface area contributed by atoms with E-state index in [0.717, 1.165) is 6.07 Å².